The van der Waals surface area contributed by atoms with Crippen LogP contribution in [0.2, 0.25) is 0 Å². The maximum Gasteiger partial charge on any atom is 0.259 e. The summed E-state index contributed by atoms with van der Waals surface area (Å²) in [5.74, 6) is -0.0487. The molecule has 0 saturated heterocycles. The summed E-state index contributed by atoms with van der Waals surface area (Å²) in [5, 5.41) is 0.237. The summed E-state index contributed by atoms with van der Waals surface area (Å²) in [7, 11) is 0. The Labute approximate surface area is 151 Å². The monoisotopic (exact) mass is 352 g/mol. The normalized spacial score (nSPS) is 11.7. The summed E-state index contributed by atoms with van der Waals surface area (Å²) in [4.78, 5) is 26.0. The Kier molecular flexibility index (Phi) is 5.53. The number of fused-ring (bicyclic) bond motifs is 1. The Morgan fingerprint density at radius 3 is 2.69 bits per heavy atom. The molecular formula is C20H21FN4O. The standard InChI is InChI=1S/C20H21FN4O/c1-3-25(4-2)13-16-7-5-6-15(22-16)9-11-19-23-18-10-8-14(21)12-17(18)20(26)24-19/h5-12H,3-4,13H2,1-2H3,(H,23,24,26). The predicted molar refractivity (Wildman–Crippen MR) is 102 cm³/mol. The van der Waals surface area contributed by atoms with Crippen LogP contribution in [0.25, 0.3) is 23.1 Å². The van der Waals surface area contributed by atoms with Crippen LogP contribution in [0.15, 0.2) is 41.2 Å². The summed E-state index contributed by atoms with van der Waals surface area (Å²) >= 11 is 0. The lowest BCUT2D eigenvalue weighted by atomic mass is 10.2. The Morgan fingerprint density at radius 1 is 1.12 bits per heavy atom. The fourth-order valence-corrected chi connectivity index (χ4v) is 2.73. The number of hydrogen-bond donors (Lipinski definition) is 1. The van der Waals surface area contributed by atoms with Crippen molar-refractivity contribution >= 4 is 23.1 Å². The molecule has 26 heavy (non-hydrogen) atoms. The van der Waals surface area contributed by atoms with Gasteiger partial charge in [0.05, 0.1) is 22.3 Å². The van der Waals surface area contributed by atoms with E-state index in [0.717, 1.165) is 31.0 Å². The van der Waals surface area contributed by atoms with E-state index in [-0.39, 0.29) is 10.9 Å². The molecule has 0 bridgehead atoms. The minimum absolute atomic E-state index is 0.237. The largest absolute Gasteiger partial charge is 0.306 e. The molecule has 0 unspecified atom stereocenters. The van der Waals surface area contributed by atoms with Crippen molar-refractivity contribution in [2.75, 3.05) is 13.1 Å². The molecule has 0 aliphatic rings. The van der Waals surface area contributed by atoms with Gasteiger partial charge >= 0.3 is 0 Å². The molecule has 1 N–H and O–H groups in total. The van der Waals surface area contributed by atoms with Crippen LogP contribution in [0.5, 0.6) is 0 Å². The van der Waals surface area contributed by atoms with Gasteiger partial charge in [0, 0.05) is 6.54 Å². The first-order valence-electron chi connectivity index (χ1n) is 8.65. The van der Waals surface area contributed by atoms with Crippen molar-refractivity contribution in [3.8, 4) is 0 Å². The van der Waals surface area contributed by atoms with Crippen LogP contribution in [0.3, 0.4) is 0 Å². The first kappa shape index (κ1) is 17.9. The van der Waals surface area contributed by atoms with E-state index in [1.807, 2.05) is 18.2 Å². The van der Waals surface area contributed by atoms with Gasteiger partial charge in [-0.15, -0.1) is 0 Å². The average Bonchev–Trinajstić information content (AvgIpc) is 2.65. The Balaban J connectivity index is 1.85. The van der Waals surface area contributed by atoms with Crippen LogP contribution in [0.4, 0.5) is 4.39 Å². The highest BCUT2D eigenvalue weighted by molar-refractivity contribution is 5.79. The number of H-pyrrole nitrogens is 1. The lowest BCUT2D eigenvalue weighted by molar-refractivity contribution is 0.292. The number of nitrogens with zero attached hydrogens (tertiary/aromatic N) is 3. The predicted octanol–water partition coefficient (Wildman–Crippen LogP) is 3.47. The molecule has 2 heterocycles. The van der Waals surface area contributed by atoms with Gasteiger partial charge in [0.2, 0.25) is 0 Å². The second kappa shape index (κ2) is 8.01. The smallest absolute Gasteiger partial charge is 0.259 e. The van der Waals surface area contributed by atoms with Gasteiger partial charge in [0.1, 0.15) is 11.6 Å². The van der Waals surface area contributed by atoms with Gasteiger partial charge in [0.25, 0.3) is 5.56 Å². The van der Waals surface area contributed by atoms with Gasteiger partial charge in [-0.2, -0.15) is 0 Å². The third kappa shape index (κ3) is 4.21. The number of hydrogen-bond acceptors (Lipinski definition) is 4. The van der Waals surface area contributed by atoms with Crippen molar-refractivity contribution in [3.05, 3.63) is 69.8 Å². The molecule has 0 saturated carbocycles. The minimum atomic E-state index is -0.456. The highest BCUT2D eigenvalue weighted by Gasteiger charge is 2.04. The molecule has 6 heteroatoms. The Bertz CT molecular complexity index is 993. The first-order chi connectivity index (χ1) is 12.6. The maximum atomic E-state index is 13.3. The van der Waals surface area contributed by atoms with Crippen LogP contribution < -0.4 is 5.56 Å². The number of nitrogens with one attached hydrogen (secondary N) is 1. The van der Waals surface area contributed by atoms with E-state index in [9.17, 15) is 9.18 Å². The van der Waals surface area contributed by atoms with E-state index in [1.165, 1.54) is 18.2 Å². The van der Waals surface area contributed by atoms with E-state index in [1.54, 1.807) is 12.2 Å². The van der Waals surface area contributed by atoms with E-state index in [4.69, 9.17) is 0 Å². The number of aromatic amines is 1. The second-order valence-corrected chi connectivity index (χ2v) is 5.96. The van der Waals surface area contributed by atoms with Gasteiger partial charge in [-0.1, -0.05) is 19.9 Å². The highest BCUT2D eigenvalue weighted by Crippen LogP contribution is 2.11. The molecule has 3 aromatic rings. The fourth-order valence-electron chi connectivity index (χ4n) is 2.73. The van der Waals surface area contributed by atoms with Crippen molar-refractivity contribution in [2.24, 2.45) is 0 Å². The molecule has 0 aliphatic heterocycles. The zero-order valence-electron chi connectivity index (χ0n) is 14.9. The summed E-state index contributed by atoms with van der Waals surface area (Å²) < 4.78 is 13.3. The molecule has 134 valence electrons. The lowest BCUT2D eigenvalue weighted by Crippen LogP contribution is -2.22. The minimum Gasteiger partial charge on any atom is -0.306 e. The SMILES string of the molecule is CCN(CC)Cc1cccc(C=Cc2nc3ccc(F)cc3c(=O)[nH]2)n1. The zero-order chi connectivity index (χ0) is 18.5. The topological polar surface area (TPSA) is 61.9 Å². The Morgan fingerprint density at radius 2 is 1.92 bits per heavy atom. The number of halogens is 1. The lowest BCUT2D eigenvalue weighted by Gasteiger charge is -2.17. The van der Waals surface area contributed by atoms with Crippen molar-refractivity contribution in [2.45, 2.75) is 20.4 Å². The second-order valence-electron chi connectivity index (χ2n) is 5.96. The first-order valence-corrected chi connectivity index (χ1v) is 8.65. The number of aromatic nitrogens is 3. The molecular weight excluding hydrogens is 331 g/mol. The third-order valence-corrected chi connectivity index (χ3v) is 4.21. The fraction of sp³-hybridized carbons (Fsp3) is 0.250. The molecule has 2 aromatic heterocycles. The van der Waals surface area contributed by atoms with Crippen molar-refractivity contribution in [3.63, 3.8) is 0 Å². The third-order valence-electron chi connectivity index (χ3n) is 4.21. The number of pyridine rings is 1. The number of rotatable bonds is 6. The molecule has 0 radical (unpaired) electrons. The quantitative estimate of drug-likeness (QED) is 0.738. The molecule has 1 aromatic carbocycles. The summed E-state index contributed by atoms with van der Waals surface area (Å²) in [5.41, 5.74) is 1.87. The summed E-state index contributed by atoms with van der Waals surface area (Å²) in [6.45, 7) is 7.00. The van der Waals surface area contributed by atoms with Crippen LogP contribution in [0.1, 0.15) is 31.1 Å². The number of benzene rings is 1. The van der Waals surface area contributed by atoms with E-state index in [0.29, 0.717) is 11.3 Å². The van der Waals surface area contributed by atoms with Crippen LogP contribution >= 0.6 is 0 Å². The summed E-state index contributed by atoms with van der Waals surface area (Å²) in [6, 6.07) is 9.84. The van der Waals surface area contributed by atoms with Crippen molar-refractivity contribution < 1.29 is 4.39 Å². The van der Waals surface area contributed by atoms with Gasteiger partial charge in [-0.3, -0.25) is 14.7 Å². The van der Waals surface area contributed by atoms with Crippen LogP contribution in [-0.4, -0.2) is 32.9 Å². The van der Waals surface area contributed by atoms with Gasteiger partial charge in [-0.25, -0.2) is 9.37 Å². The van der Waals surface area contributed by atoms with E-state index < -0.39 is 5.82 Å². The van der Waals surface area contributed by atoms with Gasteiger partial charge in [-0.05, 0) is 55.6 Å². The molecule has 3 rings (SSSR count). The van der Waals surface area contributed by atoms with Crippen LogP contribution in [0, 0.1) is 5.82 Å². The maximum absolute atomic E-state index is 13.3. The van der Waals surface area contributed by atoms with Crippen molar-refractivity contribution in [1.82, 2.24) is 19.9 Å². The highest BCUT2D eigenvalue weighted by atomic mass is 19.1. The molecule has 0 atom stereocenters. The molecule has 0 amide bonds. The van der Waals surface area contributed by atoms with Gasteiger partial charge < -0.3 is 4.98 Å². The Hall–Kier alpha value is -2.86. The molecule has 0 fully saturated rings. The van der Waals surface area contributed by atoms with E-state index >= 15 is 0 Å². The molecule has 5 nitrogen and oxygen atoms in total. The van der Waals surface area contributed by atoms with E-state index in [2.05, 4.69) is 33.7 Å². The molecule has 0 aliphatic carbocycles. The summed E-state index contributed by atoms with van der Waals surface area (Å²) in [6.07, 6.45) is 3.51. The average molecular weight is 352 g/mol. The van der Waals surface area contributed by atoms with Crippen molar-refractivity contribution in [1.29, 1.82) is 0 Å². The van der Waals surface area contributed by atoms with Gasteiger partial charge in [0.15, 0.2) is 0 Å². The zero-order valence-corrected chi connectivity index (χ0v) is 14.9. The van der Waals surface area contributed by atoms with Crippen LogP contribution in [-0.2, 0) is 6.54 Å². The molecule has 0 spiro atoms.